The van der Waals surface area contributed by atoms with Crippen molar-refractivity contribution in [3.05, 3.63) is 58.6 Å². The standard InChI is InChI=1S/C31H40ClN3O7Si/c1-18-28(43(3,4)41)26(15-27(38)34-12-6-9-23(34)17-36)42-31(18)24-14-21(32)10-11-25(24)35(30(31)40)16-20-7-5-8-22(13-20)33-29(39)19(2)37/h5,7-8,10-11,13-14,18-19,23,26,28,36-37,41H,6,9,12,15-17H2,1-4H3,(H,33,39)/t18-,19+,23+,26+,28-,31+/m1/s1. The van der Waals surface area contributed by atoms with Crippen LogP contribution in [0.3, 0.4) is 0 Å². The molecule has 1 spiro atoms. The van der Waals surface area contributed by atoms with Crippen molar-refractivity contribution in [2.24, 2.45) is 5.92 Å². The number of halogens is 1. The summed E-state index contributed by atoms with van der Waals surface area (Å²) in [7, 11) is -2.98. The number of anilines is 2. The van der Waals surface area contributed by atoms with E-state index in [2.05, 4.69) is 5.32 Å². The van der Waals surface area contributed by atoms with Crippen LogP contribution in [0.15, 0.2) is 42.5 Å². The molecule has 0 aliphatic carbocycles. The van der Waals surface area contributed by atoms with E-state index in [0.717, 1.165) is 18.4 Å². The first-order valence-corrected chi connectivity index (χ1v) is 18.2. The molecule has 3 aliphatic rings. The minimum atomic E-state index is -2.98. The van der Waals surface area contributed by atoms with Crippen molar-refractivity contribution < 1.29 is 34.1 Å². The van der Waals surface area contributed by atoms with E-state index < -0.39 is 43.5 Å². The molecule has 4 N–H and O–H groups in total. The number of fused-ring (bicyclic) bond motifs is 2. The normalized spacial score (nSPS) is 27.6. The van der Waals surface area contributed by atoms with Gasteiger partial charge < -0.3 is 34.9 Å². The van der Waals surface area contributed by atoms with Crippen molar-refractivity contribution in [3.63, 3.8) is 0 Å². The molecular formula is C31H40ClN3O7Si. The number of aliphatic hydroxyl groups is 2. The fourth-order valence-electron chi connectivity index (χ4n) is 7.23. The Morgan fingerprint density at radius 3 is 2.65 bits per heavy atom. The Labute approximate surface area is 257 Å². The number of likely N-dealkylation sites (tertiary alicyclic amines) is 1. The Morgan fingerprint density at radius 1 is 1.23 bits per heavy atom. The molecule has 0 radical (unpaired) electrons. The van der Waals surface area contributed by atoms with E-state index in [9.17, 15) is 29.4 Å². The molecular weight excluding hydrogens is 590 g/mol. The van der Waals surface area contributed by atoms with E-state index in [0.29, 0.717) is 28.5 Å². The van der Waals surface area contributed by atoms with Gasteiger partial charge in [-0.15, -0.1) is 0 Å². The minimum Gasteiger partial charge on any atom is -0.432 e. The number of rotatable bonds is 8. The monoisotopic (exact) mass is 629 g/mol. The van der Waals surface area contributed by atoms with E-state index in [1.165, 1.54) is 6.92 Å². The van der Waals surface area contributed by atoms with Gasteiger partial charge in [0.2, 0.25) is 5.91 Å². The summed E-state index contributed by atoms with van der Waals surface area (Å²) >= 11 is 6.48. The van der Waals surface area contributed by atoms with Gasteiger partial charge in [-0.3, -0.25) is 14.4 Å². The van der Waals surface area contributed by atoms with Crippen LogP contribution < -0.4 is 10.2 Å². The van der Waals surface area contributed by atoms with E-state index in [4.69, 9.17) is 16.3 Å². The van der Waals surface area contributed by atoms with E-state index in [1.54, 1.807) is 46.2 Å². The van der Waals surface area contributed by atoms with Crippen LogP contribution in [0.4, 0.5) is 11.4 Å². The smallest absolute Gasteiger partial charge is 0.264 e. The third-order valence-electron chi connectivity index (χ3n) is 9.14. The molecule has 2 aromatic rings. The van der Waals surface area contributed by atoms with Crippen LogP contribution in [0.1, 0.15) is 44.2 Å². The van der Waals surface area contributed by atoms with Gasteiger partial charge in [0, 0.05) is 34.3 Å². The Balaban J connectivity index is 1.50. The highest BCUT2D eigenvalue weighted by molar-refractivity contribution is 6.71. The summed E-state index contributed by atoms with van der Waals surface area (Å²) < 4.78 is 6.75. The summed E-state index contributed by atoms with van der Waals surface area (Å²) in [6.45, 7) is 7.53. The second-order valence-corrected chi connectivity index (χ2v) is 17.0. The van der Waals surface area contributed by atoms with E-state index in [-0.39, 0.29) is 37.4 Å². The zero-order valence-corrected chi connectivity index (χ0v) is 26.7. The number of ether oxygens (including phenoxy) is 1. The summed E-state index contributed by atoms with van der Waals surface area (Å²) in [5.41, 5.74) is 0.571. The molecule has 5 rings (SSSR count). The molecule has 3 aliphatic heterocycles. The maximum absolute atomic E-state index is 14.6. The van der Waals surface area contributed by atoms with Gasteiger partial charge >= 0.3 is 0 Å². The van der Waals surface area contributed by atoms with Gasteiger partial charge in [-0.25, -0.2) is 0 Å². The summed E-state index contributed by atoms with van der Waals surface area (Å²) in [5, 5.41) is 22.5. The molecule has 6 atom stereocenters. The average Bonchev–Trinajstić information content (AvgIpc) is 3.59. The van der Waals surface area contributed by atoms with Gasteiger partial charge in [-0.2, -0.15) is 0 Å². The summed E-state index contributed by atoms with van der Waals surface area (Å²) in [4.78, 5) is 55.0. The quantitative estimate of drug-likeness (QED) is 0.328. The lowest BCUT2D eigenvalue weighted by Gasteiger charge is -2.32. The van der Waals surface area contributed by atoms with Gasteiger partial charge in [-0.1, -0.05) is 30.7 Å². The first-order chi connectivity index (χ1) is 20.3. The first-order valence-electron chi connectivity index (χ1n) is 14.8. The molecule has 2 aromatic carbocycles. The van der Waals surface area contributed by atoms with Crippen LogP contribution in [0.2, 0.25) is 23.7 Å². The number of hydrogen-bond donors (Lipinski definition) is 4. The molecule has 10 nitrogen and oxygen atoms in total. The second-order valence-electron chi connectivity index (χ2n) is 12.5. The number of nitrogens with zero attached hydrogens (tertiary/aromatic N) is 2. The lowest BCUT2D eigenvalue weighted by Crippen LogP contribution is -2.46. The maximum Gasteiger partial charge on any atom is 0.264 e. The molecule has 0 bridgehead atoms. The van der Waals surface area contributed by atoms with E-state index >= 15 is 0 Å². The highest BCUT2D eigenvalue weighted by Crippen LogP contribution is 2.60. The highest BCUT2D eigenvalue weighted by Gasteiger charge is 2.66. The average molecular weight is 630 g/mol. The Morgan fingerprint density at radius 2 is 1.98 bits per heavy atom. The molecule has 0 aromatic heterocycles. The fraction of sp³-hybridized carbons (Fsp3) is 0.516. The van der Waals surface area contributed by atoms with Crippen LogP contribution in [0.5, 0.6) is 0 Å². The summed E-state index contributed by atoms with van der Waals surface area (Å²) in [5.74, 6) is -1.46. The Bertz CT molecular complexity index is 1420. The second kappa shape index (κ2) is 11.9. The zero-order chi connectivity index (χ0) is 31.3. The number of hydrogen-bond acceptors (Lipinski definition) is 7. The van der Waals surface area contributed by atoms with Gasteiger partial charge in [-0.05, 0) is 68.8 Å². The number of benzene rings is 2. The Kier molecular flexibility index (Phi) is 8.78. The van der Waals surface area contributed by atoms with Gasteiger partial charge in [0.05, 0.1) is 37.4 Å². The number of carbonyl (C=O) groups is 3. The van der Waals surface area contributed by atoms with Crippen LogP contribution >= 0.6 is 11.6 Å². The lowest BCUT2D eigenvalue weighted by molar-refractivity contribution is -0.150. The van der Waals surface area contributed by atoms with Crippen LogP contribution in [-0.2, 0) is 31.3 Å². The summed E-state index contributed by atoms with van der Waals surface area (Å²) in [6.07, 6.45) is -0.327. The molecule has 0 unspecified atom stereocenters. The van der Waals surface area contributed by atoms with Gasteiger partial charge in [0.15, 0.2) is 13.9 Å². The lowest BCUT2D eigenvalue weighted by atomic mass is 9.82. The van der Waals surface area contributed by atoms with Crippen LogP contribution in [-0.4, -0.2) is 77.3 Å². The predicted octanol–water partition coefficient (Wildman–Crippen LogP) is 3.38. The highest BCUT2D eigenvalue weighted by atomic mass is 35.5. The van der Waals surface area contributed by atoms with Crippen LogP contribution in [0.25, 0.3) is 0 Å². The Hall–Kier alpha value is -2.80. The van der Waals surface area contributed by atoms with Crippen molar-refractivity contribution in [1.29, 1.82) is 0 Å². The SMILES string of the molecule is C[C@H](O)C(=O)Nc1cccc(CN2C(=O)[C@@]3(O[C@@H](CC(=O)N4CCC[C@H]4CO)[C@H]([Si](C)(C)O)[C@H]3C)c3cc(Cl)ccc32)c1. The molecule has 2 saturated heterocycles. The first kappa shape index (κ1) is 31.6. The minimum absolute atomic E-state index is 0.00154. The molecule has 2 fully saturated rings. The fourth-order valence-corrected chi connectivity index (χ4v) is 9.95. The third kappa shape index (κ3) is 5.74. The van der Waals surface area contributed by atoms with Gasteiger partial charge in [0.25, 0.3) is 11.8 Å². The molecule has 12 heteroatoms. The van der Waals surface area contributed by atoms with Crippen molar-refractivity contribution in [1.82, 2.24) is 4.90 Å². The topological polar surface area (TPSA) is 140 Å². The number of aliphatic hydroxyl groups excluding tert-OH is 2. The number of amides is 3. The van der Waals surface area contributed by atoms with Crippen LogP contribution in [0, 0.1) is 5.92 Å². The summed E-state index contributed by atoms with van der Waals surface area (Å²) in [6, 6.07) is 12.0. The number of carbonyl (C=O) groups excluding carboxylic acids is 3. The van der Waals surface area contributed by atoms with Crippen molar-refractivity contribution >= 4 is 49.0 Å². The maximum atomic E-state index is 14.6. The molecule has 3 amide bonds. The van der Waals surface area contributed by atoms with E-state index in [1.807, 2.05) is 26.1 Å². The third-order valence-corrected chi connectivity index (χ3v) is 11.9. The molecule has 0 saturated carbocycles. The van der Waals surface area contributed by atoms with Gasteiger partial charge in [0.1, 0.15) is 6.10 Å². The molecule has 232 valence electrons. The molecule has 3 heterocycles. The molecule has 43 heavy (non-hydrogen) atoms. The van der Waals surface area contributed by atoms with Crippen molar-refractivity contribution in [2.45, 2.75) is 82.1 Å². The van der Waals surface area contributed by atoms with Crippen molar-refractivity contribution in [3.8, 4) is 0 Å². The van der Waals surface area contributed by atoms with Crippen molar-refractivity contribution in [2.75, 3.05) is 23.4 Å². The predicted molar refractivity (Wildman–Crippen MR) is 165 cm³/mol. The largest absolute Gasteiger partial charge is 0.432 e. The number of nitrogens with one attached hydrogen (secondary N) is 1. The zero-order valence-electron chi connectivity index (χ0n) is 24.9.